The van der Waals surface area contributed by atoms with Gasteiger partial charge in [0.05, 0.1) is 5.69 Å². The van der Waals surface area contributed by atoms with Crippen molar-refractivity contribution in [3.05, 3.63) is 77.0 Å². The van der Waals surface area contributed by atoms with Gasteiger partial charge in [-0.2, -0.15) is 0 Å². The van der Waals surface area contributed by atoms with Crippen LogP contribution >= 0.6 is 0 Å². The van der Waals surface area contributed by atoms with Crippen molar-refractivity contribution in [3.8, 4) is 16.9 Å². The maximum Gasteiger partial charge on any atom is 0.248 e. The van der Waals surface area contributed by atoms with E-state index in [0.29, 0.717) is 5.56 Å². The summed E-state index contributed by atoms with van der Waals surface area (Å²) < 4.78 is 2.46. The van der Waals surface area contributed by atoms with Crippen LogP contribution in [0.1, 0.15) is 72.1 Å². The maximum absolute atomic E-state index is 11.6. The lowest BCUT2D eigenvalue weighted by Crippen LogP contribution is -2.26. The molecule has 0 spiro atoms. The van der Waals surface area contributed by atoms with Crippen LogP contribution in [0.4, 0.5) is 0 Å². The van der Waals surface area contributed by atoms with E-state index in [1.807, 2.05) is 24.3 Å². The lowest BCUT2D eigenvalue weighted by atomic mass is 9.89. The number of rotatable bonds is 8. The molecule has 2 aliphatic carbocycles. The van der Waals surface area contributed by atoms with Crippen LogP contribution in [0, 0.1) is 5.92 Å². The summed E-state index contributed by atoms with van der Waals surface area (Å²) in [5.74, 6) is 0.471. The molecule has 3 aromatic rings. The zero-order valence-corrected chi connectivity index (χ0v) is 20.2. The first-order chi connectivity index (χ1) is 16.7. The van der Waals surface area contributed by atoms with E-state index in [0.717, 1.165) is 44.0 Å². The Morgan fingerprint density at radius 2 is 1.65 bits per heavy atom. The highest BCUT2D eigenvalue weighted by Crippen LogP contribution is 2.38. The van der Waals surface area contributed by atoms with Crippen LogP contribution in [-0.4, -0.2) is 23.6 Å². The molecule has 2 aromatic carbocycles. The third-order valence-electron chi connectivity index (χ3n) is 7.75. The Morgan fingerprint density at radius 1 is 0.912 bits per heavy atom. The smallest absolute Gasteiger partial charge is 0.248 e. The van der Waals surface area contributed by atoms with Gasteiger partial charge in [-0.3, -0.25) is 4.79 Å². The van der Waals surface area contributed by atoms with Crippen molar-refractivity contribution in [1.82, 2.24) is 9.88 Å². The second-order valence-electron chi connectivity index (χ2n) is 10.0. The van der Waals surface area contributed by atoms with Gasteiger partial charge in [0.2, 0.25) is 5.91 Å². The molecular weight excluding hydrogens is 418 g/mol. The molecule has 1 fully saturated rings. The molecule has 0 bridgehead atoms. The second kappa shape index (κ2) is 10.6. The lowest BCUT2D eigenvalue weighted by Gasteiger charge is -2.22. The minimum atomic E-state index is -0.380. The summed E-state index contributed by atoms with van der Waals surface area (Å²) in [5, 5.41) is 3.80. The van der Waals surface area contributed by atoms with Crippen LogP contribution in [0.25, 0.3) is 16.9 Å². The summed E-state index contributed by atoms with van der Waals surface area (Å²) in [5.41, 5.74) is 14.2. The number of nitrogens with two attached hydrogens (primary N) is 1. The summed E-state index contributed by atoms with van der Waals surface area (Å²) in [7, 11) is 0. The number of carbonyl (C=O) groups excluding carboxylic acids is 1. The normalized spacial score (nSPS) is 16.4. The summed E-state index contributed by atoms with van der Waals surface area (Å²) in [4.78, 5) is 11.6. The summed E-state index contributed by atoms with van der Waals surface area (Å²) in [6.07, 6.45) is 12.8. The highest BCUT2D eigenvalue weighted by Gasteiger charge is 2.26. The maximum atomic E-state index is 11.6. The lowest BCUT2D eigenvalue weighted by molar-refractivity contribution is 0.100. The third-order valence-corrected chi connectivity index (χ3v) is 7.75. The predicted molar refractivity (Wildman–Crippen MR) is 140 cm³/mol. The van der Waals surface area contributed by atoms with E-state index in [4.69, 9.17) is 5.73 Å². The third kappa shape index (κ3) is 4.83. The Labute approximate surface area is 203 Å². The minimum absolute atomic E-state index is 0.380. The van der Waals surface area contributed by atoms with E-state index < -0.39 is 0 Å². The van der Waals surface area contributed by atoms with Crippen LogP contribution in [-0.2, 0) is 19.3 Å². The number of nitrogens with one attached hydrogen (secondary N) is 1. The highest BCUT2D eigenvalue weighted by atomic mass is 16.1. The van der Waals surface area contributed by atoms with E-state index in [-0.39, 0.29) is 5.91 Å². The van der Waals surface area contributed by atoms with Crippen molar-refractivity contribution in [2.45, 2.75) is 64.2 Å². The molecular formula is C30H37N3O. The standard InChI is InChI=1S/C30H37N3O/c31-30(34)24-15-17-25(18-16-24)33-28-14-8-7-13-26(28)27(29(33)23-11-5-2-6-12-23)19-20-32-21-22-9-3-1-4-10-22/h2,5-6,11-12,15-18,22,32H,1,3-4,7-10,13-14,19-21H2,(H2,31,34). The summed E-state index contributed by atoms with van der Waals surface area (Å²) >= 11 is 0. The number of fused-ring (bicyclic) bond motifs is 1. The first kappa shape index (κ1) is 22.9. The fourth-order valence-electron chi connectivity index (χ4n) is 6.01. The largest absolute Gasteiger partial charge is 0.366 e. The number of hydrogen-bond donors (Lipinski definition) is 2. The molecule has 0 aliphatic heterocycles. The monoisotopic (exact) mass is 455 g/mol. The SMILES string of the molecule is NC(=O)c1ccc(-n2c3c(c(CCNCC4CCCCC4)c2-c2ccccc2)CCCC3)cc1. The minimum Gasteiger partial charge on any atom is -0.366 e. The number of primary amides is 1. The predicted octanol–water partition coefficient (Wildman–Crippen LogP) is 5.83. The number of amides is 1. The number of carbonyl (C=O) groups is 1. The Morgan fingerprint density at radius 3 is 2.38 bits per heavy atom. The molecule has 5 rings (SSSR count). The molecule has 1 heterocycles. The molecule has 4 heteroatoms. The zero-order chi connectivity index (χ0) is 23.3. The van der Waals surface area contributed by atoms with E-state index in [9.17, 15) is 4.79 Å². The van der Waals surface area contributed by atoms with Crippen LogP contribution in [0.3, 0.4) is 0 Å². The molecule has 1 amide bonds. The first-order valence-corrected chi connectivity index (χ1v) is 13.1. The van der Waals surface area contributed by atoms with Crippen molar-refractivity contribution in [2.24, 2.45) is 11.7 Å². The van der Waals surface area contributed by atoms with Gasteiger partial charge in [0.1, 0.15) is 0 Å². The summed E-state index contributed by atoms with van der Waals surface area (Å²) in [6, 6.07) is 18.6. The van der Waals surface area contributed by atoms with Gasteiger partial charge in [0, 0.05) is 16.9 Å². The molecule has 34 heavy (non-hydrogen) atoms. The van der Waals surface area contributed by atoms with Gasteiger partial charge in [-0.05, 0) is 105 Å². The molecule has 0 saturated heterocycles. The van der Waals surface area contributed by atoms with E-state index in [1.54, 1.807) is 5.56 Å². The van der Waals surface area contributed by atoms with Gasteiger partial charge in [-0.25, -0.2) is 0 Å². The molecule has 178 valence electrons. The van der Waals surface area contributed by atoms with Gasteiger partial charge < -0.3 is 15.6 Å². The van der Waals surface area contributed by atoms with Crippen molar-refractivity contribution in [3.63, 3.8) is 0 Å². The summed E-state index contributed by atoms with van der Waals surface area (Å²) in [6.45, 7) is 2.17. The fourth-order valence-corrected chi connectivity index (χ4v) is 6.01. The van der Waals surface area contributed by atoms with E-state index in [2.05, 4.69) is 40.2 Å². The van der Waals surface area contributed by atoms with E-state index in [1.165, 1.54) is 67.5 Å². The Bertz CT molecular complexity index is 1110. The second-order valence-corrected chi connectivity index (χ2v) is 10.0. The Hall–Kier alpha value is -2.85. The van der Waals surface area contributed by atoms with E-state index >= 15 is 0 Å². The highest BCUT2D eigenvalue weighted by molar-refractivity contribution is 5.93. The van der Waals surface area contributed by atoms with Crippen molar-refractivity contribution in [1.29, 1.82) is 0 Å². The van der Waals surface area contributed by atoms with Crippen molar-refractivity contribution >= 4 is 5.91 Å². The topological polar surface area (TPSA) is 60.1 Å². The average molecular weight is 456 g/mol. The number of benzene rings is 2. The zero-order valence-electron chi connectivity index (χ0n) is 20.2. The molecule has 3 N–H and O–H groups in total. The number of aromatic nitrogens is 1. The van der Waals surface area contributed by atoms with Gasteiger partial charge in [0.25, 0.3) is 0 Å². The molecule has 0 radical (unpaired) electrons. The molecule has 1 aromatic heterocycles. The Kier molecular flexibility index (Phi) is 7.15. The van der Waals surface area contributed by atoms with Gasteiger partial charge in [-0.15, -0.1) is 0 Å². The van der Waals surface area contributed by atoms with Gasteiger partial charge >= 0.3 is 0 Å². The van der Waals surface area contributed by atoms with Gasteiger partial charge in [-0.1, -0.05) is 49.6 Å². The van der Waals surface area contributed by atoms with Crippen LogP contribution in [0.5, 0.6) is 0 Å². The van der Waals surface area contributed by atoms with Crippen LogP contribution < -0.4 is 11.1 Å². The average Bonchev–Trinajstić information content (AvgIpc) is 3.22. The van der Waals surface area contributed by atoms with Crippen LogP contribution in [0.15, 0.2) is 54.6 Å². The molecule has 4 nitrogen and oxygen atoms in total. The molecule has 1 saturated carbocycles. The first-order valence-electron chi connectivity index (χ1n) is 13.1. The van der Waals surface area contributed by atoms with Gasteiger partial charge in [0.15, 0.2) is 0 Å². The quantitative estimate of drug-likeness (QED) is 0.420. The Balaban J connectivity index is 1.50. The number of hydrogen-bond acceptors (Lipinski definition) is 2. The fraction of sp³-hybridized carbons (Fsp3) is 0.433. The van der Waals surface area contributed by atoms with Crippen molar-refractivity contribution < 1.29 is 4.79 Å². The molecule has 0 atom stereocenters. The molecule has 2 aliphatic rings. The van der Waals surface area contributed by atoms with Crippen LogP contribution in [0.2, 0.25) is 0 Å². The number of nitrogens with zero attached hydrogens (tertiary/aromatic N) is 1. The van der Waals surface area contributed by atoms with Crippen molar-refractivity contribution in [2.75, 3.05) is 13.1 Å². The molecule has 0 unspecified atom stereocenters.